The van der Waals surface area contributed by atoms with Gasteiger partial charge in [-0.2, -0.15) is 0 Å². The minimum absolute atomic E-state index is 0.233. The Hall–Kier alpha value is -0.460. The first-order chi connectivity index (χ1) is 6.61. The molecule has 0 radical (unpaired) electrons. The van der Waals surface area contributed by atoms with Crippen LogP contribution in [-0.2, 0) is 11.8 Å². The molecular weight excluding hydrogens is 250 g/mol. The van der Waals surface area contributed by atoms with Crippen LogP contribution in [0.25, 0.3) is 0 Å². The molecule has 0 fully saturated rings. The van der Waals surface area contributed by atoms with Gasteiger partial charge in [-0.05, 0) is 22.4 Å². The lowest BCUT2D eigenvalue weighted by atomic mass is 10.1. The summed E-state index contributed by atoms with van der Waals surface area (Å²) in [6.45, 7) is 1.95. The SMILES string of the molecule is CCC(OC)C(O)c1c(Br)nnn1C. The van der Waals surface area contributed by atoms with E-state index in [4.69, 9.17) is 4.74 Å². The molecule has 0 bridgehead atoms. The summed E-state index contributed by atoms with van der Waals surface area (Å²) in [5.74, 6) is 0. The number of aryl methyl sites for hydroxylation is 1. The molecule has 1 aromatic heterocycles. The Bertz CT molecular complexity index is 279. The molecule has 6 heteroatoms. The van der Waals surface area contributed by atoms with Gasteiger partial charge in [0, 0.05) is 14.2 Å². The summed E-state index contributed by atoms with van der Waals surface area (Å²) in [6, 6.07) is 0. The van der Waals surface area contributed by atoms with E-state index >= 15 is 0 Å². The lowest BCUT2D eigenvalue weighted by Crippen LogP contribution is -2.22. The molecule has 14 heavy (non-hydrogen) atoms. The molecule has 0 amide bonds. The number of halogens is 1. The van der Waals surface area contributed by atoms with Crippen LogP contribution in [-0.4, -0.2) is 33.3 Å². The molecule has 1 N–H and O–H groups in total. The summed E-state index contributed by atoms with van der Waals surface area (Å²) in [5, 5.41) is 17.6. The maximum absolute atomic E-state index is 9.98. The zero-order valence-electron chi connectivity index (χ0n) is 8.44. The predicted octanol–water partition coefficient (Wildman–Crippen LogP) is 1.04. The summed E-state index contributed by atoms with van der Waals surface area (Å²) in [4.78, 5) is 0. The first-order valence-electron chi connectivity index (χ1n) is 4.37. The molecule has 1 aromatic rings. The van der Waals surface area contributed by atoms with Gasteiger partial charge in [-0.15, -0.1) is 5.10 Å². The van der Waals surface area contributed by atoms with Crippen molar-refractivity contribution >= 4 is 15.9 Å². The van der Waals surface area contributed by atoms with Gasteiger partial charge in [0.15, 0.2) is 4.60 Å². The number of aromatic nitrogens is 3. The number of ether oxygens (including phenoxy) is 1. The second-order valence-electron chi connectivity index (χ2n) is 3.02. The Kier molecular flexibility index (Phi) is 4.03. The number of aliphatic hydroxyl groups is 1. The van der Waals surface area contributed by atoms with E-state index in [1.54, 1.807) is 14.2 Å². The lowest BCUT2D eigenvalue weighted by molar-refractivity contribution is -0.0189. The number of rotatable bonds is 4. The van der Waals surface area contributed by atoms with Gasteiger partial charge in [0.25, 0.3) is 0 Å². The van der Waals surface area contributed by atoms with E-state index < -0.39 is 6.10 Å². The van der Waals surface area contributed by atoms with E-state index in [0.717, 1.165) is 6.42 Å². The van der Waals surface area contributed by atoms with Crippen molar-refractivity contribution in [3.05, 3.63) is 10.3 Å². The fourth-order valence-electron chi connectivity index (χ4n) is 1.35. The predicted molar refractivity (Wildman–Crippen MR) is 54.8 cm³/mol. The number of hydrogen-bond acceptors (Lipinski definition) is 4. The van der Waals surface area contributed by atoms with Crippen LogP contribution in [0.3, 0.4) is 0 Å². The molecule has 1 heterocycles. The van der Waals surface area contributed by atoms with Gasteiger partial charge in [-0.1, -0.05) is 12.1 Å². The minimum atomic E-state index is -0.709. The highest BCUT2D eigenvalue weighted by Gasteiger charge is 2.25. The van der Waals surface area contributed by atoms with E-state index in [0.29, 0.717) is 10.3 Å². The van der Waals surface area contributed by atoms with Crippen molar-refractivity contribution in [2.24, 2.45) is 7.05 Å². The fraction of sp³-hybridized carbons (Fsp3) is 0.750. The van der Waals surface area contributed by atoms with Crippen molar-refractivity contribution in [2.45, 2.75) is 25.6 Å². The summed E-state index contributed by atoms with van der Waals surface area (Å²) < 4.78 is 7.25. The van der Waals surface area contributed by atoms with Gasteiger partial charge >= 0.3 is 0 Å². The number of aliphatic hydroxyl groups excluding tert-OH is 1. The van der Waals surface area contributed by atoms with Crippen LogP contribution in [0.15, 0.2) is 4.60 Å². The van der Waals surface area contributed by atoms with Crippen LogP contribution >= 0.6 is 15.9 Å². The van der Waals surface area contributed by atoms with Crippen molar-refractivity contribution < 1.29 is 9.84 Å². The van der Waals surface area contributed by atoms with Gasteiger partial charge in [0.1, 0.15) is 11.8 Å². The van der Waals surface area contributed by atoms with Crippen LogP contribution in [0.4, 0.5) is 0 Å². The van der Waals surface area contributed by atoms with Crippen LogP contribution < -0.4 is 0 Å². The van der Waals surface area contributed by atoms with E-state index in [1.807, 2.05) is 6.92 Å². The molecule has 1 rings (SSSR count). The van der Waals surface area contributed by atoms with Gasteiger partial charge in [-0.25, -0.2) is 4.68 Å². The van der Waals surface area contributed by atoms with Crippen molar-refractivity contribution in [2.75, 3.05) is 7.11 Å². The Morgan fingerprint density at radius 2 is 2.29 bits per heavy atom. The molecule has 0 saturated carbocycles. The van der Waals surface area contributed by atoms with Gasteiger partial charge in [-0.3, -0.25) is 0 Å². The number of hydrogen-bond donors (Lipinski definition) is 1. The summed E-state index contributed by atoms with van der Waals surface area (Å²) in [6.07, 6.45) is -0.210. The quantitative estimate of drug-likeness (QED) is 0.882. The molecule has 2 atom stereocenters. The third kappa shape index (κ3) is 2.13. The Morgan fingerprint density at radius 1 is 1.64 bits per heavy atom. The molecule has 0 aliphatic heterocycles. The first kappa shape index (κ1) is 11.6. The monoisotopic (exact) mass is 263 g/mol. The summed E-state index contributed by atoms with van der Waals surface area (Å²) in [5.41, 5.74) is 0.638. The van der Waals surface area contributed by atoms with E-state index in [2.05, 4.69) is 26.2 Å². The van der Waals surface area contributed by atoms with Crippen LogP contribution in [0.1, 0.15) is 25.1 Å². The normalized spacial score (nSPS) is 15.5. The standard InChI is InChI=1S/C8H14BrN3O2/c1-4-5(14-3)7(13)6-8(9)10-11-12(6)2/h5,7,13H,4H2,1-3H3. The maximum Gasteiger partial charge on any atom is 0.154 e. The van der Waals surface area contributed by atoms with Crippen LogP contribution in [0, 0.1) is 0 Å². The molecule has 80 valence electrons. The molecule has 0 aliphatic rings. The molecule has 0 aliphatic carbocycles. The first-order valence-corrected chi connectivity index (χ1v) is 5.17. The largest absolute Gasteiger partial charge is 0.384 e. The average Bonchev–Trinajstić information content (AvgIpc) is 2.48. The lowest BCUT2D eigenvalue weighted by Gasteiger charge is -2.19. The Balaban J connectivity index is 2.92. The highest BCUT2D eigenvalue weighted by molar-refractivity contribution is 9.10. The topological polar surface area (TPSA) is 60.2 Å². The minimum Gasteiger partial charge on any atom is -0.384 e. The Labute approximate surface area is 91.2 Å². The third-order valence-corrected chi connectivity index (χ3v) is 2.73. The Morgan fingerprint density at radius 3 is 2.64 bits per heavy atom. The molecule has 0 spiro atoms. The molecule has 2 unspecified atom stereocenters. The van der Waals surface area contributed by atoms with E-state index in [-0.39, 0.29) is 6.10 Å². The third-order valence-electron chi connectivity index (χ3n) is 2.16. The highest BCUT2D eigenvalue weighted by atomic mass is 79.9. The fourth-order valence-corrected chi connectivity index (χ4v) is 1.91. The highest BCUT2D eigenvalue weighted by Crippen LogP contribution is 2.25. The van der Waals surface area contributed by atoms with Crippen LogP contribution in [0.5, 0.6) is 0 Å². The van der Waals surface area contributed by atoms with Gasteiger partial charge in [0.05, 0.1) is 6.10 Å². The molecule has 0 saturated heterocycles. The van der Waals surface area contributed by atoms with Crippen molar-refractivity contribution in [3.63, 3.8) is 0 Å². The van der Waals surface area contributed by atoms with Crippen molar-refractivity contribution in [1.29, 1.82) is 0 Å². The molecular formula is C8H14BrN3O2. The van der Waals surface area contributed by atoms with Crippen molar-refractivity contribution in [3.8, 4) is 0 Å². The average molecular weight is 264 g/mol. The smallest absolute Gasteiger partial charge is 0.154 e. The summed E-state index contributed by atoms with van der Waals surface area (Å²) >= 11 is 3.23. The zero-order chi connectivity index (χ0) is 10.7. The zero-order valence-corrected chi connectivity index (χ0v) is 10.0. The van der Waals surface area contributed by atoms with E-state index in [1.165, 1.54) is 4.68 Å². The molecule has 5 nitrogen and oxygen atoms in total. The van der Waals surface area contributed by atoms with Gasteiger partial charge < -0.3 is 9.84 Å². The second-order valence-corrected chi connectivity index (χ2v) is 3.77. The number of methoxy groups -OCH3 is 1. The number of nitrogens with zero attached hydrogens (tertiary/aromatic N) is 3. The second kappa shape index (κ2) is 4.86. The summed E-state index contributed by atoms with van der Waals surface area (Å²) in [7, 11) is 3.31. The van der Waals surface area contributed by atoms with E-state index in [9.17, 15) is 5.11 Å². The maximum atomic E-state index is 9.98. The van der Waals surface area contributed by atoms with Gasteiger partial charge in [0.2, 0.25) is 0 Å². The van der Waals surface area contributed by atoms with Crippen molar-refractivity contribution in [1.82, 2.24) is 15.0 Å². The van der Waals surface area contributed by atoms with Crippen LogP contribution in [0.2, 0.25) is 0 Å². The molecule has 0 aromatic carbocycles.